The van der Waals surface area contributed by atoms with Crippen LogP contribution >= 0.6 is 0 Å². The molecule has 1 heterocycles. The number of nitrogens with zero attached hydrogens (tertiary/aromatic N) is 2. The van der Waals surface area contributed by atoms with Crippen LogP contribution in [0.5, 0.6) is 0 Å². The fourth-order valence-electron chi connectivity index (χ4n) is 3.20. The van der Waals surface area contributed by atoms with Gasteiger partial charge in [0, 0.05) is 26.7 Å². The Bertz CT molecular complexity index is 878. The molecule has 8 heteroatoms. The smallest absolute Gasteiger partial charge is 0.352 e. The Kier molecular flexibility index (Phi) is 6.41. The predicted octanol–water partition coefficient (Wildman–Crippen LogP) is 2.96. The van der Waals surface area contributed by atoms with Crippen LogP contribution in [-0.2, 0) is 30.5 Å². The van der Waals surface area contributed by atoms with E-state index < -0.39 is 11.7 Å². The second-order valence-electron chi connectivity index (χ2n) is 6.81. The fourth-order valence-corrected chi connectivity index (χ4v) is 3.20. The highest BCUT2D eigenvalue weighted by atomic mass is 19.4. The second-order valence-corrected chi connectivity index (χ2v) is 6.81. The number of benzene rings is 2. The van der Waals surface area contributed by atoms with E-state index >= 15 is 0 Å². The van der Waals surface area contributed by atoms with E-state index in [1.807, 2.05) is 18.2 Å². The molecule has 1 aliphatic rings. The van der Waals surface area contributed by atoms with Crippen molar-refractivity contribution in [2.75, 3.05) is 20.1 Å². The first-order valence-corrected chi connectivity index (χ1v) is 9.32. The number of nitrogens with one attached hydrogen (secondary N) is 2. The molecule has 29 heavy (non-hydrogen) atoms. The molecular formula is C21H23F3N4O. The van der Waals surface area contributed by atoms with Gasteiger partial charge in [-0.15, -0.1) is 0 Å². The lowest BCUT2D eigenvalue weighted by molar-refractivity contribution is -0.137. The van der Waals surface area contributed by atoms with Crippen molar-refractivity contribution in [1.29, 1.82) is 0 Å². The van der Waals surface area contributed by atoms with Crippen molar-refractivity contribution in [3.63, 3.8) is 0 Å². The van der Waals surface area contributed by atoms with Gasteiger partial charge in [0.2, 0.25) is 5.91 Å². The summed E-state index contributed by atoms with van der Waals surface area (Å²) in [5.41, 5.74) is 2.44. The SMILES string of the molecule is CN=C(NCC(=O)N1CCc2ccccc2C1)NCc1ccc(C(F)(F)F)cc1. The zero-order valence-electron chi connectivity index (χ0n) is 16.1. The van der Waals surface area contributed by atoms with Gasteiger partial charge in [0.05, 0.1) is 12.1 Å². The number of aliphatic imine (C=N–C) groups is 1. The van der Waals surface area contributed by atoms with Crippen LogP contribution in [-0.4, -0.2) is 36.9 Å². The zero-order chi connectivity index (χ0) is 20.9. The van der Waals surface area contributed by atoms with E-state index in [1.165, 1.54) is 17.7 Å². The highest BCUT2D eigenvalue weighted by molar-refractivity contribution is 5.86. The van der Waals surface area contributed by atoms with E-state index in [-0.39, 0.29) is 12.5 Å². The van der Waals surface area contributed by atoms with Crippen LogP contribution in [0.15, 0.2) is 53.5 Å². The van der Waals surface area contributed by atoms with Gasteiger partial charge < -0.3 is 15.5 Å². The summed E-state index contributed by atoms with van der Waals surface area (Å²) in [6, 6.07) is 13.0. The number of carbonyl (C=O) groups is 1. The number of halogens is 3. The summed E-state index contributed by atoms with van der Waals surface area (Å²) in [6.45, 7) is 1.65. The lowest BCUT2D eigenvalue weighted by Gasteiger charge is -2.29. The average molecular weight is 404 g/mol. The minimum atomic E-state index is -4.35. The highest BCUT2D eigenvalue weighted by Gasteiger charge is 2.29. The monoisotopic (exact) mass is 404 g/mol. The van der Waals surface area contributed by atoms with E-state index in [1.54, 1.807) is 11.9 Å². The molecule has 0 saturated carbocycles. The Morgan fingerprint density at radius 1 is 1.07 bits per heavy atom. The van der Waals surface area contributed by atoms with Gasteiger partial charge in [0.15, 0.2) is 5.96 Å². The van der Waals surface area contributed by atoms with Crippen LogP contribution in [0.2, 0.25) is 0 Å². The van der Waals surface area contributed by atoms with Gasteiger partial charge in [0.25, 0.3) is 0 Å². The molecule has 0 spiro atoms. The fraction of sp³-hybridized carbons (Fsp3) is 0.333. The summed E-state index contributed by atoms with van der Waals surface area (Å²) in [5.74, 6) is 0.382. The Morgan fingerprint density at radius 2 is 1.76 bits per heavy atom. The third kappa shape index (κ3) is 5.49. The van der Waals surface area contributed by atoms with Crippen molar-refractivity contribution in [3.8, 4) is 0 Å². The zero-order valence-corrected chi connectivity index (χ0v) is 16.1. The van der Waals surface area contributed by atoms with E-state index in [0.717, 1.165) is 24.1 Å². The van der Waals surface area contributed by atoms with Crippen LogP contribution in [0.25, 0.3) is 0 Å². The van der Waals surface area contributed by atoms with Crippen molar-refractivity contribution in [3.05, 3.63) is 70.8 Å². The molecule has 2 N–H and O–H groups in total. The molecule has 0 unspecified atom stereocenters. The molecule has 0 fully saturated rings. The van der Waals surface area contributed by atoms with Gasteiger partial charge in [-0.25, -0.2) is 0 Å². The van der Waals surface area contributed by atoms with Gasteiger partial charge in [-0.05, 0) is 35.2 Å². The molecule has 0 bridgehead atoms. The molecule has 154 valence electrons. The molecule has 0 radical (unpaired) electrons. The topological polar surface area (TPSA) is 56.7 Å². The molecule has 0 atom stereocenters. The van der Waals surface area contributed by atoms with Gasteiger partial charge in [-0.1, -0.05) is 36.4 Å². The molecular weight excluding hydrogens is 381 g/mol. The van der Waals surface area contributed by atoms with E-state index in [2.05, 4.69) is 21.7 Å². The highest BCUT2D eigenvalue weighted by Crippen LogP contribution is 2.29. The lowest BCUT2D eigenvalue weighted by atomic mass is 10.00. The van der Waals surface area contributed by atoms with Crippen LogP contribution < -0.4 is 10.6 Å². The summed E-state index contributed by atoms with van der Waals surface area (Å²) < 4.78 is 37.9. The van der Waals surface area contributed by atoms with Crippen molar-refractivity contribution in [2.45, 2.75) is 25.7 Å². The first kappa shape index (κ1) is 20.7. The van der Waals surface area contributed by atoms with Crippen molar-refractivity contribution >= 4 is 11.9 Å². The van der Waals surface area contributed by atoms with Gasteiger partial charge in [0.1, 0.15) is 0 Å². The third-order valence-electron chi connectivity index (χ3n) is 4.86. The molecule has 0 aromatic heterocycles. The maximum Gasteiger partial charge on any atom is 0.416 e. The second kappa shape index (κ2) is 8.98. The largest absolute Gasteiger partial charge is 0.416 e. The maximum atomic E-state index is 12.6. The normalized spacial score (nSPS) is 14.3. The molecule has 0 aliphatic carbocycles. The lowest BCUT2D eigenvalue weighted by Crippen LogP contribution is -2.45. The number of alkyl halides is 3. The molecule has 3 rings (SSSR count). The van der Waals surface area contributed by atoms with Crippen molar-refractivity contribution < 1.29 is 18.0 Å². The number of rotatable bonds is 4. The first-order chi connectivity index (χ1) is 13.9. The number of amides is 1. The van der Waals surface area contributed by atoms with E-state index in [9.17, 15) is 18.0 Å². The maximum absolute atomic E-state index is 12.6. The summed E-state index contributed by atoms with van der Waals surface area (Å²) in [4.78, 5) is 18.4. The Hall–Kier alpha value is -3.03. The van der Waals surface area contributed by atoms with Gasteiger partial charge >= 0.3 is 6.18 Å². The molecule has 1 aliphatic heterocycles. The van der Waals surface area contributed by atoms with Crippen molar-refractivity contribution in [1.82, 2.24) is 15.5 Å². The predicted molar refractivity (Wildman–Crippen MR) is 105 cm³/mol. The van der Waals surface area contributed by atoms with Crippen LogP contribution in [0, 0.1) is 0 Å². The molecule has 5 nitrogen and oxygen atoms in total. The van der Waals surface area contributed by atoms with E-state index in [0.29, 0.717) is 31.2 Å². The quantitative estimate of drug-likeness (QED) is 0.609. The molecule has 1 amide bonds. The summed E-state index contributed by atoms with van der Waals surface area (Å²) in [7, 11) is 1.57. The summed E-state index contributed by atoms with van der Waals surface area (Å²) >= 11 is 0. The number of hydrogen-bond acceptors (Lipinski definition) is 2. The van der Waals surface area contributed by atoms with Crippen molar-refractivity contribution in [2.24, 2.45) is 4.99 Å². The Labute approximate surface area is 167 Å². The van der Waals surface area contributed by atoms with Gasteiger partial charge in [-0.2, -0.15) is 13.2 Å². The number of guanidine groups is 1. The Balaban J connectivity index is 1.47. The molecule has 2 aromatic carbocycles. The minimum absolute atomic E-state index is 0.0306. The first-order valence-electron chi connectivity index (χ1n) is 9.32. The third-order valence-corrected chi connectivity index (χ3v) is 4.86. The number of carbonyl (C=O) groups excluding carboxylic acids is 1. The standard InChI is InChI=1S/C21H23F3N4O/c1-25-20(26-12-15-6-8-18(9-7-15)21(22,23)24)27-13-19(29)28-11-10-16-4-2-3-5-17(16)14-28/h2-9H,10-14H2,1H3,(H2,25,26,27). The Morgan fingerprint density at radius 3 is 2.41 bits per heavy atom. The number of hydrogen-bond donors (Lipinski definition) is 2. The summed E-state index contributed by atoms with van der Waals surface area (Å²) in [5, 5.41) is 5.97. The van der Waals surface area contributed by atoms with Crippen LogP contribution in [0.3, 0.4) is 0 Å². The van der Waals surface area contributed by atoms with Crippen LogP contribution in [0.1, 0.15) is 22.3 Å². The summed E-state index contributed by atoms with van der Waals surface area (Å²) in [6.07, 6.45) is -3.51. The van der Waals surface area contributed by atoms with Gasteiger partial charge in [-0.3, -0.25) is 9.79 Å². The minimum Gasteiger partial charge on any atom is -0.352 e. The number of fused-ring (bicyclic) bond motifs is 1. The van der Waals surface area contributed by atoms with E-state index in [4.69, 9.17) is 0 Å². The molecule has 0 saturated heterocycles. The van der Waals surface area contributed by atoms with Crippen LogP contribution in [0.4, 0.5) is 13.2 Å². The average Bonchev–Trinajstić information content (AvgIpc) is 2.73. The molecule has 2 aromatic rings.